The molecule has 0 rings (SSSR count). The lowest BCUT2D eigenvalue weighted by molar-refractivity contribution is -0.165. The molecule has 2 N–H and O–H groups in total. The zero-order valence-corrected chi connectivity index (χ0v) is 12.4. The highest BCUT2D eigenvalue weighted by Crippen LogP contribution is 2.47. The van der Waals surface area contributed by atoms with Gasteiger partial charge in [0.2, 0.25) is 0 Å². The summed E-state index contributed by atoms with van der Waals surface area (Å²) in [4.78, 5) is 22.2. The van der Waals surface area contributed by atoms with Crippen LogP contribution in [0.4, 0.5) is 0 Å². The Morgan fingerprint density at radius 2 is 1.00 bits per heavy atom. The molecule has 4 nitrogen and oxygen atoms in total. The molecule has 0 amide bonds. The van der Waals surface area contributed by atoms with E-state index < -0.39 is 37.8 Å². The van der Waals surface area contributed by atoms with Gasteiger partial charge in [0.25, 0.3) is 0 Å². The average molecular weight is 367 g/mol. The maximum absolute atomic E-state index is 11.1. The average Bonchev–Trinajstić information content (AvgIpc) is 1.96. The highest BCUT2D eigenvalue weighted by molar-refractivity contribution is 6.68. The van der Waals surface area contributed by atoms with E-state index in [1.165, 1.54) is 0 Å². The van der Waals surface area contributed by atoms with E-state index in [-0.39, 0.29) is 0 Å². The maximum Gasteiger partial charge on any atom is 0.321 e. The van der Waals surface area contributed by atoms with Crippen molar-refractivity contribution in [2.24, 2.45) is 5.41 Å². The second kappa shape index (κ2) is 5.76. The van der Waals surface area contributed by atoms with Gasteiger partial charge in [-0.3, -0.25) is 9.59 Å². The highest BCUT2D eigenvalue weighted by atomic mass is 35.6. The van der Waals surface area contributed by atoms with Crippen LogP contribution < -0.4 is 0 Å². The molecule has 0 saturated carbocycles. The van der Waals surface area contributed by atoms with Crippen molar-refractivity contribution in [3.63, 3.8) is 0 Å². The molecule has 0 aromatic rings. The van der Waals surface area contributed by atoms with Gasteiger partial charge >= 0.3 is 11.9 Å². The number of hydrogen-bond donors (Lipinski definition) is 2. The molecule has 0 atom stereocenters. The van der Waals surface area contributed by atoms with E-state index in [0.717, 1.165) is 0 Å². The number of aliphatic carboxylic acids is 2. The summed E-state index contributed by atoms with van der Waals surface area (Å²) in [6.07, 6.45) is -1.66. The molecule has 10 heteroatoms. The molecule has 0 aromatic heterocycles. The van der Waals surface area contributed by atoms with Gasteiger partial charge in [-0.1, -0.05) is 69.6 Å². The highest BCUT2D eigenvalue weighted by Gasteiger charge is 2.54. The lowest BCUT2D eigenvalue weighted by Gasteiger charge is -2.30. The molecule has 0 aliphatic rings. The smallest absolute Gasteiger partial charge is 0.321 e. The van der Waals surface area contributed by atoms with E-state index in [1.807, 2.05) is 0 Å². The third-order valence-corrected chi connectivity index (χ3v) is 2.62. The van der Waals surface area contributed by atoms with Crippen molar-refractivity contribution >= 4 is 81.5 Å². The molecule has 0 aromatic carbocycles. The molecule has 17 heavy (non-hydrogen) atoms. The lowest BCUT2D eigenvalue weighted by Crippen LogP contribution is -2.45. The molecule has 0 aliphatic heterocycles. The number of hydrogen-bond acceptors (Lipinski definition) is 2. The van der Waals surface area contributed by atoms with Crippen molar-refractivity contribution in [1.29, 1.82) is 0 Å². The number of carbonyl (C=O) groups is 2. The van der Waals surface area contributed by atoms with E-state index in [4.69, 9.17) is 79.8 Å². The largest absolute Gasteiger partial charge is 0.480 e. The maximum atomic E-state index is 11.1. The Bertz CT molecular complexity index is 285. The molecule has 0 heterocycles. The first kappa shape index (κ1) is 17.7. The second-order valence-corrected chi connectivity index (χ2v) is 8.31. The van der Waals surface area contributed by atoms with Crippen molar-refractivity contribution in [2.45, 2.75) is 20.4 Å². The molecule has 0 bridgehead atoms. The summed E-state index contributed by atoms with van der Waals surface area (Å²) in [5, 5.41) is 18.0. The SMILES string of the molecule is O=C(O)C(CC(Cl)(Cl)Cl)(CC(Cl)(Cl)Cl)C(=O)O. The van der Waals surface area contributed by atoms with Gasteiger partial charge in [-0.2, -0.15) is 0 Å². The number of halogens is 6. The summed E-state index contributed by atoms with van der Waals surface area (Å²) < 4.78 is -4.21. The molecule has 0 radical (unpaired) electrons. The van der Waals surface area contributed by atoms with Crippen LogP contribution in [0.1, 0.15) is 12.8 Å². The number of carboxylic acids is 2. The van der Waals surface area contributed by atoms with E-state index in [2.05, 4.69) is 0 Å². The summed E-state index contributed by atoms with van der Waals surface area (Å²) in [6, 6.07) is 0. The van der Waals surface area contributed by atoms with Crippen LogP contribution in [0.25, 0.3) is 0 Å². The van der Waals surface area contributed by atoms with Crippen LogP contribution >= 0.6 is 69.6 Å². The Kier molecular flexibility index (Phi) is 5.99. The van der Waals surface area contributed by atoms with Gasteiger partial charge in [-0.15, -0.1) is 0 Å². The monoisotopic (exact) mass is 364 g/mol. The van der Waals surface area contributed by atoms with Crippen LogP contribution in [0.15, 0.2) is 0 Å². The first-order chi connectivity index (χ1) is 7.30. The fourth-order valence-corrected chi connectivity index (χ4v) is 2.51. The van der Waals surface area contributed by atoms with Crippen LogP contribution in [0, 0.1) is 5.41 Å². The topological polar surface area (TPSA) is 74.6 Å². The molecule has 100 valence electrons. The third-order valence-electron chi connectivity index (χ3n) is 1.82. The minimum atomic E-state index is -2.49. The van der Waals surface area contributed by atoms with E-state index in [1.54, 1.807) is 0 Å². The van der Waals surface area contributed by atoms with E-state index in [9.17, 15) is 9.59 Å². The Labute approximate surface area is 127 Å². The van der Waals surface area contributed by atoms with Crippen molar-refractivity contribution in [3.8, 4) is 0 Å². The molecular formula is C7H6Cl6O4. The summed E-state index contributed by atoms with van der Waals surface area (Å²) in [7, 11) is 0. The summed E-state index contributed by atoms with van der Waals surface area (Å²) in [5.41, 5.74) is -2.49. The first-order valence-electron chi connectivity index (χ1n) is 3.90. The predicted octanol–water partition coefficient (Wildman–Crippen LogP) is 3.66. The van der Waals surface area contributed by atoms with Crippen LogP contribution in [0.3, 0.4) is 0 Å². The number of carboxylic acid groups (broad SMARTS) is 2. The van der Waals surface area contributed by atoms with Crippen LogP contribution in [0.5, 0.6) is 0 Å². The Morgan fingerprint density at radius 3 is 1.12 bits per heavy atom. The second-order valence-electron chi connectivity index (χ2n) is 3.28. The predicted molar refractivity (Wildman–Crippen MR) is 67.5 cm³/mol. The Balaban J connectivity index is 5.46. The number of rotatable bonds is 4. The van der Waals surface area contributed by atoms with E-state index in [0.29, 0.717) is 0 Å². The summed E-state index contributed by atoms with van der Waals surface area (Å²) in [5.74, 6) is -3.50. The van der Waals surface area contributed by atoms with Gasteiger partial charge in [-0.25, -0.2) is 0 Å². The van der Waals surface area contributed by atoms with Crippen molar-refractivity contribution in [2.75, 3.05) is 0 Å². The van der Waals surface area contributed by atoms with Gasteiger partial charge in [0.1, 0.15) is 0 Å². The normalized spacial score (nSPS) is 13.5. The van der Waals surface area contributed by atoms with Crippen molar-refractivity contribution < 1.29 is 19.8 Å². The van der Waals surface area contributed by atoms with Gasteiger partial charge in [0.05, 0.1) is 0 Å². The third kappa shape index (κ3) is 5.90. The lowest BCUT2D eigenvalue weighted by atomic mass is 9.82. The van der Waals surface area contributed by atoms with Gasteiger partial charge in [0, 0.05) is 12.8 Å². The quantitative estimate of drug-likeness (QED) is 0.588. The Hall–Kier alpha value is 0.680. The molecule has 0 aliphatic carbocycles. The van der Waals surface area contributed by atoms with Crippen LogP contribution in [-0.2, 0) is 9.59 Å². The van der Waals surface area contributed by atoms with Crippen LogP contribution in [-0.4, -0.2) is 29.7 Å². The molecule has 0 saturated heterocycles. The molecule has 0 fully saturated rings. The minimum absolute atomic E-state index is 0.830. The summed E-state index contributed by atoms with van der Waals surface area (Å²) >= 11 is 32.5. The zero-order valence-electron chi connectivity index (χ0n) is 7.89. The fraction of sp³-hybridized carbons (Fsp3) is 0.714. The van der Waals surface area contributed by atoms with Crippen LogP contribution in [0.2, 0.25) is 0 Å². The van der Waals surface area contributed by atoms with Gasteiger partial charge in [-0.05, 0) is 0 Å². The zero-order chi connectivity index (χ0) is 14.1. The Morgan fingerprint density at radius 1 is 0.765 bits per heavy atom. The van der Waals surface area contributed by atoms with Gasteiger partial charge < -0.3 is 10.2 Å². The van der Waals surface area contributed by atoms with Crippen molar-refractivity contribution in [1.82, 2.24) is 0 Å². The minimum Gasteiger partial charge on any atom is -0.480 e. The summed E-state index contributed by atoms with van der Waals surface area (Å²) in [6.45, 7) is 0. The standard InChI is InChI=1S/C7H6Cl6O4/c8-6(9,10)1-5(3(14)15,4(16)17)2-7(11,12)13/h1-2H2,(H,14,15)(H,16,17). The molecular weight excluding hydrogens is 361 g/mol. The van der Waals surface area contributed by atoms with Gasteiger partial charge in [0.15, 0.2) is 13.0 Å². The molecule has 0 spiro atoms. The fourth-order valence-electron chi connectivity index (χ4n) is 1.14. The number of alkyl halides is 6. The van der Waals surface area contributed by atoms with Crippen molar-refractivity contribution in [3.05, 3.63) is 0 Å². The molecule has 0 unspecified atom stereocenters. The van der Waals surface area contributed by atoms with E-state index >= 15 is 0 Å². The first-order valence-corrected chi connectivity index (χ1v) is 6.17.